The molecule has 1 atom stereocenters. The molecule has 1 heteroatoms. The Morgan fingerprint density at radius 2 is 2.08 bits per heavy atom. The Morgan fingerprint density at radius 1 is 1.50 bits per heavy atom. The van der Waals surface area contributed by atoms with E-state index in [9.17, 15) is 5.11 Å². The third-order valence-corrected chi connectivity index (χ3v) is 3.19. The summed E-state index contributed by atoms with van der Waals surface area (Å²) < 4.78 is 0. The van der Waals surface area contributed by atoms with Gasteiger partial charge in [-0.05, 0) is 29.4 Å². The van der Waals surface area contributed by atoms with Gasteiger partial charge in [-0.15, -0.1) is 0 Å². The lowest BCUT2D eigenvalue weighted by molar-refractivity contribution is 0.251. The zero-order chi connectivity index (χ0) is 9.35. The molecule has 0 bridgehead atoms. The van der Waals surface area contributed by atoms with Crippen LogP contribution < -0.4 is 0 Å². The predicted octanol–water partition coefficient (Wildman–Crippen LogP) is 2.53. The molecule has 0 fully saturated rings. The summed E-state index contributed by atoms with van der Waals surface area (Å²) in [4.78, 5) is 0. The molecule has 0 aliphatic heterocycles. The topological polar surface area (TPSA) is 20.2 Å². The van der Waals surface area contributed by atoms with E-state index in [1.54, 1.807) is 0 Å². The first kappa shape index (κ1) is 9.53. The SMILES string of the molecule is CC1=C(CO)C(C)(C)[C@@H](C)C=C1. The van der Waals surface area contributed by atoms with E-state index in [4.69, 9.17) is 0 Å². The molecule has 0 aromatic carbocycles. The van der Waals surface area contributed by atoms with E-state index in [0.717, 1.165) is 0 Å². The minimum absolute atomic E-state index is 0.119. The van der Waals surface area contributed by atoms with Crippen molar-refractivity contribution in [3.63, 3.8) is 0 Å². The van der Waals surface area contributed by atoms with Crippen molar-refractivity contribution < 1.29 is 5.11 Å². The van der Waals surface area contributed by atoms with Gasteiger partial charge in [-0.1, -0.05) is 32.9 Å². The van der Waals surface area contributed by atoms with Crippen molar-refractivity contribution in [1.29, 1.82) is 0 Å². The van der Waals surface area contributed by atoms with Gasteiger partial charge in [0.25, 0.3) is 0 Å². The van der Waals surface area contributed by atoms with Crippen LogP contribution in [0.4, 0.5) is 0 Å². The van der Waals surface area contributed by atoms with Gasteiger partial charge >= 0.3 is 0 Å². The van der Waals surface area contributed by atoms with Gasteiger partial charge in [0.1, 0.15) is 0 Å². The van der Waals surface area contributed by atoms with E-state index >= 15 is 0 Å². The zero-order valence-electron chi connectivity index (χ0n) is 8.39. The monoisotopic (exact) mass is 166 g/mol. The van der Waals surface area contributed by atoms with E-state index in [1.165, 1.54) is 11.1 Å². The summed E-state index contributed by atoms with van der Waals surface area (Å²) in [6.07, 6.45) is 4.33. The van der Waals surface area contributed by atoms with Gasteiger partial charge in [0.15, 0.2) is 0 Å². The molecule has 0 amide bonds. The highest BCUT2D eigenvalue weighted by Gasteiger charge is 2.31. The average molecular weight is 166 g/mol. The second-order valence-corrected chi connectivity index (χ2v) is 4.19. The standard InChI is InChI=1S/C11H18O/c1-8-5-6-9(2)11(3,4)10(8)7-12/h5-6,9,12H,7H2,1-4H3/t9-/m0/s1. The molecule has 1 aliphatic carbocycles. The molecule has 0 radical (unpaired) electrons. The van der Waals surface area contributed by atoms with Gasteiger partial charge in [0.2, 0.25) is 0 Å². The molecule has 0 saturated heterocycles. The van der Waals surface area contributed by atoms with Crippen LogP contribution >= 0.6 is 0 Å². The van der Waals surface area contributed by atoms with E-state index in [0.29, 0.717) is 5.92 Å². The lowest BCUT2D eigenvalue weighted by atomic mass is 9.69. The Bertz CT molecular complexity index is 233. The highest BCUT2D eigenvalue weighted by Crippen LogP contribution is 2.40. The van der Waals surface area contributed by atoms with Crippen LogP contribution in [-0.2, 0) is 0 Å². The Hall–Kier alpha value is -0.560. The molecule has 0 aromatic rings. The van der Waals surface area contributed by atoms with Gasteiger partial charge in [-0.2, -0.15) is 0 Å². The van der Waals surface area contributed by atoms with Crippen LogP contribution in [0.25, 0.3) is 0 Å². The summed E-state index contributed by atoms with van der Waals surface area (Å²) >= 11 is 0. The Morgan fingerprint density at radius 3 is 2.50 bits per heavy atom. The van der Waals surface area contributed by atoms with Crippen LogP contribution in [0.5, 0.6) is 0 Å². The van der Waals surface area contributed by atoms with Gasteiger partial charge in [-0.3, -0.25) is 0 Å². The molecule has 1 rings (SSSR count). The Kier molecular flexibility index (Phi) is 2.43. The fraction of sp³-hybridized carbons (Fsp3) is 0.636. The predicted molar refractivity (Wildman–Crippen MR) is 51.9 cm³/mol. The number of allylic oxidation sites excluding steroid dienone is 3. The number of hydrogen-bond acceptors (Lipinski definition) is 1. The van der Waals surface area contributed by atoms with E-state index in [-0.39, 0.29) is 12.0 Å². The second-order valence-electron chi connectivity index (χ2n) is 4.19. The van der Waals surface area contributed by atoms with Crippen molar-refractivity contribution in [3.8, 4) is 0 Å². The smallest absolute Gasteiger partial charge is 0.0652 e. The van der Waals surface area contributed by atoms with Crippen molar-refractivity contribution in [2.24, 2.45) is 11.3 Å². The van der Waals surface area contributed by atoms with Gasteiger partial charge in [0, 0.05) is 0 Å². The quantitative estimate of drug-likeness (QED) is 0.634. The molecule has 0 spiro atoms. The van der Waals surface area contributed by atoms with Crippen LogP contribution in [0.1, 0.15) is 27.7 Å². The van der Waals surface area contributed by atoms with E-state index < -0.39 is 0 Å². The third-order valence-electron chi connectivity index (χ3n) is 3.19. The molecule has 1 nitrogen and oxygen atoms in total. The van der Waals surface area contributed by atoms with Crippen molar-refractivity contribution in [1.82, 2.24) is 0 Å². The zero-order valence-corrected chi connectivity index (χ0v) is 8.39. The summed E-state index contributed by atoms with van der Waals surface area (Å²) in [5.41, 5.74) is 2.52. The summed E-state index contributed by atoms with van der Waals surface area (Å²) in [5.74, 6) is 0.517. The fourth-order valence-electron chi connectivity index (χ4n) is 1.74. The first-order valence-corrected chi connectivity index (χ1v) is 4.49. The molecule has 1 aliphatic rings. The maximum Gasteiger partial charge on any atom is 0.0652 e. The highest BCUT2D eigenvalue weighted by molar-refractivity contribution is 5.34. The minimum Gasteiger partial charge on any atom is -0.392 e. The molecule has 12 heavy (non-hydrogen) atoms. The molecule has 0 unspecified atom stereocenters. The summed E-state index contributed by atoms with van der Waals surface area (Å²) in [7, 11) is 0. The first-order chi connectivity index (χ1) is 5.50. The van der Waals surface area contributed by atoms with Crippen LogP contribution in [-0.4, -0.2) is 11.7 Å². The second kappa shape index (κ2) is 3.06. The summed E-state index contributed by atoms with van der Waals surface area (Å²) in [6, 6.07) is 0. The van der Waals surface area contributed by atoms with Crippen LogP contribution in [0, 0.1) is 11.3 Å². The number of hydrogen-bond donors (Lipinski definition) is 1. The first-order valence-electron chi connectivity index (χ1n) is 4.49. The number of rotatable bonds is 1. The lowest BCUT2D eigenvalue weighted by Crippen LogP contribution is -2.27. The molecule has 1 N–H and O–H groups in total. The molecular formula is C11H18O. The normalized spacial score (nSPS) is 27.9. The fourth-order valence-corrected chi connectivity index (χ4v) is 1.74. The van der Waals surface area contributed by atoms with E-state index in [1.807, 2.05) is 0 Å². The highest BCUT2D eigenvalue weighted by atomic mass is 16.3. The van der Waals surface area contributed by atoms with Crippen LogP contribution in [0.2, 0.25) is 0 Å². The van der Waals surface area contributed by atoms with Crippen molar-refractivity contribution >= 4 is 0 Å². The third kappa shape index (κ3) is 1.34. The number of aliphatic hydroxyl groups is 1. The molecular weight excluding hydrogens is 148 g/mol. The summed E-state index contributed by atoms with van der Waals surface area (Å²) in [6.45, 7) is 8.83. The molecule has 0 saturated carbocycles. The average Bonchev–Trinajstić information content (AvgIpc) is 1.98. The van der Waals surface area contributed by atoms with Crippen LogP contribution in [0.15, 0.2) is 23.3 Å². The maximum atomic E-state index is 9.22. The Labute approximate surface area is 74.8 Å². The van der Waals surface area contributed by atoms with Crippen molar-refractivity contribution in [2.75, 3.05) is 6.61 Å². The molecule has 0 heterocycles. The molecule has 0 aromatic heterocycles. The minimum atomic E-state index is 0.119. The lowest BCUT2D eigenvalue weighted by Gasteiger charge is -2.36. The van der Waals surface area contributed by atoms with Gasteiger partial charge in [-0.25, -0.2) is 0 Å². The van der Waals surface area contributed by atoms with E-state index in [2.05, 4.69) is 39.8 Å². The molecule has 68 valence electrons. The Balaban J connectivity index is 3.08. The van der Waals surface area contributed by atoms with Crippen molar-refractivity contribution in [3.05, 3.63) is 23.3 Å². The van der Waals surface area contributed by atoms with Crippen molar-refractivity contribution in [2.45, 2.75) is 27.7 Å². The van der Waals surface area contributed by atoms with Gasteiger partial charge in [0.05, 0.1) is 6.61 Å². The number of aliphatic hydroxyl groups excluding tert-OH is 1. The summed E-state index contributed by atoms with van der Waals surface area (Å²) in [5, 5.41) is 9.22. The maximum absolute atomic E-state index is 9.22. The largest absolute Gasteiger partial charge is 0.392 e. The van der Waals surface area contributed by atoms with Crippen LogP contribution in [0.3, 0.4) is 0 Å². The van der Waals surface area contributed by atoms with Gasteiger partial charge < -0.3 is 5.11 Å².